The fourth-order valence-electron chi connectivity index (χ4n) is 1.98. The largest absolute Gasteiger partial charge is 0.258 e. The van der Waals surface area contributed by atoms with Gasteiger partial charge in [0, 0.05) is 11.3 Å². The minimum absolute atomic E-state index is 0.783. The van der Waals surface area contributed by atoms with Gasteiger partial charge in [0.2, 0.25) is 5.16 Å². The number of nitrogens with one attached hydrogen (secondary N) is 1. The molecule has 0 atom stereocenters. The number of nitrogens with zero attached hydrogens (tertiary/aromatic N) is 2. The van der Waals surface area contributed by atoms with Gasteiger partial charge in [-0.3, -0.25) is 5.10 Å². The van der Waals surface area contributed by atoms with Crippen LogP contribution in [-0.4, -0.2) is 15.2 Å². The molecule has 21 heavy (non-hydrogen) atoms. The van der Waals surface area contributed by atoms with Gasteiger partial charge in [-0.1, -0.05) is 71.4 Å². The quantitative estimate of drug-likeness (QED) is 0.726. The van der Waals surface area contributed by atoms with E-state index in [-0.39, 0.29) is 0 Å². The van der Waals surface area contributed by atoms with Crippen molar-refractivity contribution in [2.24, 2.45) is 0 Å². The van der Waals surface area contributed by atoms with Crippen molar-refractivity contribution in [1.82, 2.24) is 15.2 Å². The molecule has 3 rings (SSSR count). The third-order valence-electron chi connectivity index (χ3n) is 3.28. The standard InChI is InChI=1S/C17H17N3S/c1-12-3-7-14(8-4-12)11-21-17-18-16(19-20-17)15-9-5-13(2)6-10-15/h3-10H,11H2,1-2H3,(H,18,19,20). The first kappa shape index (κ1) is 13.9. The lowest BCUT2D eigenvalue weighted by molar-refractivity contribution is 0.973. The van der Waals surface area contributed by atoms with Gasteiger partial charge in [-0.2, -0.15) is 0 Å². The summed E-state index contributed by atoms with van der Waals surface area (Å²) in [6.07, 6.45) is 0. The van der Waals surface area contributed by atoms with Crippen LogP contribution in [0.1, 0.15) is 16.7 Å². The minimum Gasteiger partial charge on any atom is -0.258 e. The maximum absolute atomic E-state index is 4.54. The van der Waals surface area contributed by atoms with Gasteiger partial charge in [0.1, 0.15) is 0 Å². The zero-order chi connectivity index (χ0) is 14.7. The Labute approximate surface area is 128 Å². The minimum atomic E-state index is 0.783. The van der Waals surface area contributed by atoms with Crippen LogP contribution in [0.5, 0.6) is 0 Å². The molecule has 0 radical (unpaired) electrons. The van der Waals surface area contributed by atoms with Gasteiger partial charge in [-0.15, -0.1) is 5.10 Å². The van der Waals surface area contributed by atoms with Crippen LogP contribution in [0.3, 0.4) is 0 Å². The maximum Gasteiger partial charge on any atom is 0.209 e. The molecule has 1 N–H and O–H groups in total. The lowest BCUT2D eigenvalue weighted by atomic mass is 10.1. The average molecular weight is 295 g/mol. The average Bonchev–Trinajstić information content (AvgIpc) is 2.96. The molecule has 0 fully saturated rings. The lowest BCUT2D eigenvalue weighted by Gasteiger charge is -1.99. The zero-order valence-electron chi connectivity index (χ0n) is 12.1. The molecule has 0 bridgehead atoms. The van der Waals surface area contributed by atoms with Gasteiger partial charge in [0.05, 0.1) is 0 Å². The second-order valence-corrected chi connectivity index (χ2v) is 6.05. The normalized spacial score (nSPS) is 10.8. The monoisotopic (exact) mass is 295 g/mol. The highest BCUT2D eigenvalue weighted by molar-refractivity contribution is 7.98. The molecular weight excluding hydrogens is 278 g/mol. The molecule has 0 saturated carbocycles. The van der Waals surface area contributed by atoms with Crippen molar-refractivity contribution in [3.63, 3.8) is 0 Å². The predicted molar refractivity (Wildman–Crippen MR) is 87.3 cm³/mol. The molecule has 0 amide bonds. The van der Waals surface area contributed by atoms with Gasteiger partial charge < -0.3 is 0 Å². The van der Waals surface area contributed by atoms with E-state index in [1.165, 1.54) is 16.7 Å². The molecule has 106 valence electrons. The van der Waals surface area contributed by atoms with Gasteiger partial charge in [-0.25, -0.2) is 4.98 Å². The summed E-state index contributed by atoms with van der Waals surface area (Å²) in [6.45, 7) is 4.17. The van der Waals surface area contributed by atoms with E-state index in [0.717, 1.165) is 22.3 Å². The van der Waals surface area contributed by atoms with E-state index >= 15 is 0 Å². The van der Waals surface area contributed by atoms with Crippen LogP contribution in [-0.2, 0) is 5.75 Å². The molecule has 1 heterocycles. The number of H-pyrrole nitrogens is 1. The number of hydrogen-bond donors (Lipinski definition) is 1. The van der Waals surface area contributed by atoms with Crippen molar-refractivity contribution >= 4 is 11.8 Å². The summed E-state index contributed by atoms with van der Waals surface area (Å²) in [5.41, 5.74) is 4.87. The number of aryl methyl sites for hydroxylation is 2. The highest BCUT2D eigenvalue weighted by Gasteiger charge is 2.06. The van der Waals surface area contributed by atoms with Gasteiger partial charge in [-0.05, 0) is 19.4 Å². The van der Waals surface area contributed by atoms with E-state index in [1.54, 1.807) is 11.8 Å². The molecule has 3 nitrogen and oxygen atoms in total. The number of aromatic amines is 1. The van der Waals surface area contributed by atoms with Crippen LogP contribution in [0.15, 0.2) is 53.7 Å². The summed E-state index contributed by atoms with van der Waals surface area (Å²) in [6, 6.07) is 16.8. The lowest BCUT2D eigenvalue weighted by Crippen LogP contribution is -1.83. The summed E-state index contributed by atoms with van der Waals surface area (Å²) < 4.78 is 0. The molecule has 1 aromatic heterocycles. The van der Waals surface area contributed by atoms with Crippen molar-refractivity contribution in [2.75, 3.05) is 0 Å². The van der Waals surface area contributed by atoms with Gasteiger partial charge in [0.25, 0.3) is 0 Å². The Morgan fingerprint density at radius 3 is 2.19 bits per heavy atom. The third-order valence-corrected chi connectivity index (χ3v) is 4.20. The first-order valence-corrected chi connectivity index (χ1v) is 7.87. The van der Waals surface area contributed by atoms with Crippen molar-refractivity contribution in [3.05, 3.63) is 65.2 Å². The van der Waals surface area contributed by atoms with Crippen LogP contribution in [0.2, 0.25) is 0 Å². The number of thioether (sulfide) groups is 1. The molecule has 0 aliphatic heterocycles. The fourth-order valence-corrected chi connectivity index (χ4v) is 2.74. The molecule has 0 saturated heterocycles. The Balaban J connectivity index is 1.67. The maximum atomic E-state index is 4.54. The Bertz CT molecular complexity index is 715. The highest BCUT2D eigenvalue weighted by Crippen LogP contribution is 2.22. The summed E-state index contributed by atoms with van der Waals surface area (Å²) >= 11 is 1.64. The summed E-state index contributed by atoms with van der Waals surface area (Å²) in [5.74, 6) is 1.70. The predicted octanol–water partition coefficient (Wildman–Crippen LogP) is 4.38. The van der Waals surface area contributed by atoms with Crippen molar-refractivity contribution in [1.29, 1.82) is 0 Å². The van der Waals surface area contributed by atoms with Crippen LogP contribution < -0.4 is 0 Å². The van der Waals surface area contributed by atoms with Crippen LogP contribution in [0, 0.1) is 13.8 Å². The summed E-state index contributed by atoms with van der Waals surface area (Å²) in [7, 11) is 0. The number of benzene rings is 2. The molecule has 0 aliphatic rings. The highest BCUT2D eigenvalue weighted by atomic mass is 32.2. The zero-order valence-corrected chi connectivity index (χ0v) is 12.9. The third kappa shape index (κ3) is 3.52. The molecule has 2 aromatic carbocycles. The molecular formula is C17H17N3S. The molecule has 0 aliphatic carbocycles. The Morgan fingerprint density at radius 1 is 0.905 bits per heavy atom. The first-order valence-electron chi connectivity index (χ1n) is 6.88. The Morgan fingerprint density at radius 2 is 1.52 bits per heavy atom. The number of hydrogen-bond acceptors (Lipinski definition) is 3. The molecule has 3 aromatic rings. The second kappa shape index (κ2) is 6.14. The molecule has 0 spiro atoms. The smallest absolute Gasteiger partial charge is 0.209 e. The number of aromatic nitrogens is 3. The Kier molecular flexibility index (Phi) is 4.06. The Hall–Kier alpha value is -2.07. The first-order chi connectivity index (χ1) is 10.2. The topological polar surface area (TPSA) is 41.6 Å². The van der Waals surface area contributed by atoms with Crippen LogP contribution in [0.4, 0.5) is 0 Å². The van der Waals surface area contributed by atoms with E-state index in [4.69, 9.17) is 0 Å². The van der Waals surface area contributed by atoms with Crippen molar-refractivity contribution in [2.45, 2.75) is 24.8 Å². The van der Waals surface area contributed by atoms with E-state index in [9.17, 15) is 0 Å². The second-order valence-electron chi connectivity index (χ2n) is 5.11. The van der Waals surface area contributed by atoms with Crippen molar-refractivity contribution in [3.8, 4) is 11.4 Å². The van der Waals surface area contributed by atoms with E-state index in [1.807, 2.05) is 0 Å². The fraction of sp³-hybridized carbons (Fsp3) is 0.176. The van der Waals surface area contributed by atoms with Crippen LogP contribution in [0.25, 0.3) is 11.4 Å². The molecule has 0 unspecified atom stereocenters. The van der Waals surface area contributed by atoms with E-state index < -0.39 is 0 Å². The SMILES string of the molecule is Cc1ccc(CSc2n[nH]c(-c3ccc(C)cc3)n2)cc1. The summed E-state index contributed by atoms with van der Waals surface area (Å²) in [5, 5.41) is 8.06. The summed E-state index contributed by atoms with van der Waals surface area (Å²) in [4.78, 5) is 4.54. The molecule has 4 heteroatoms. The van der Waals surface area contributed by atoms with Gasteiger partial charge >= 0.3 is 0 Å². The van der Waals surface area contributed by atoms with Crippen LogP contribution >= 0.6 is 11.8 Å². The van der Waals surface area contributed by atoms with E-state index in [0.29, 0.717) is 0 Å². The van der Waals surface area contributed by atoms with E-state index in [2.05, 4.69) is 77.6 Å². The number of rotatable bonds is 4. The van der Waals surface area contributed by atoms with Gasteiger partial charge in [0.15, 0.2) is 5.82 Å². The van der Waals surface area contributed by atoms with Crippen molar-refractivity contribution < 1.29 is 0 Å².